The zero-order valence-electron chi connectivity index (χ0n) is 6.10. The molecule has 1 heteroatoms. The molecule has 4 aliphatic rings. The minimum Gasteiger partial charge on any atom is -0.299 e. The van der Waals surface area contributed by atoms with Gasteiger partial charge in [0.1, 0.15) is 5.78 Å². The summed E-state index contributed by atoms with van der Waals surface area (Å²) in [5.41, 5.74) is 0.571. The Morgan fingerprint density at radius 2 is 2.30 bits per heavy atom. The van der Waals surface area contributed by atoms with Crippen LogP contribution < -0.4 is 0 Å². The molecule has 0 unspecified atom stereocenters. The average molecular weight is 136 g/mol. The van der Waals surface area contributed by atoms with Crippen molar-refractivity contribution in [2.45, 2.75) is 32.1 Å². The summed E-state index contributed by atoms with van der Waals surface area (Å²) in [7, 11) is 0. The summed E-state index contributed by atoms with van der Waals surface area (Å²) in [6.07, 6.45) is 6.25. The first-order valence-corrected chi connectivity index (χ1v) is 4.35. The van der Waals surface area contributed by atoms with Crippen LogP contribution in [0.4, 0.5) is 0 Å². The maximum absolute atomic E-state index is 11.3. The number of hydrogen-bond acceptors (Lipinski definition) is 1. The van der Waals surface area contributed by atoms with Crippen LogP contribution in [0.3, 0.4) is 0 Å². The first-order chi connectivity index (χ1) is 4.82. The van der Waals surface area contributed by atoms with Gasteiger partial charge in [-0.2, -0.15) is 0 Å². The van der Waals surface area contributed by atoms with Crippen molar-refractivity contribution < 1.29 is 4.79 Å². The highest BCUT2D eigenvalue weighted by Gasteiger charge is 2.64. The second-order valence-corrected chi connectivity index (χ2v) is 4.31. The van der Waals surface area contributed by atoms with Crippen molar-refractivity contribution in [3.63, 3.8) is 0 Å². The lowest BCUT2D eigenvalue weighted by Gasteiger charge is -2.41. The van der Waals surface area contributed by atoms with E-state index < -0.39 is 0 Å². The second-order valence-electron chi connectivity index (χ2n) is 4.31. The van der Waals surface area contributed by atoms with Crippen LogP contribution in [0.25, 0.3) is 0 Å². The van der Waals surface area contributed by atoms with Crippen LogP contribution in [0, 0.1) is 17.3 Å². The van der Waals surface area contributed by atoms with Crippen LogP contribution in [0.15, 0.2) is 0 Å². The summed E-state index contributed by atoms with van der Waals surface area (Å²) in [4.78, 5) is 11.3. The van der Waals surface area contributed by atoms with E-state index in [2.05, 4.69) is 0 Å². The van der Waals surface area contributed by atoms with Crippen molar-refractivity contribution in [3.8, 4) is 0 Å². The summed E-state index contributed by atoms with van der Waals surface area (Å²) >= 11 is 0. The van der Waals surface area contributed by atoms with E-state index >= 15 is 0 Å². The van der Waals surface area contributed by atoms with Gasteiger partial charge in [-0.3, -0.25) is 4.79 Å². The quantitative estimate of drug-likeness (QED) is 0.496. The van der Waals surface area contributed by atoms with E-state index in [4.69, 9.17) is 0 Å². The van der Waals surface area contributed by atoms with E-state index in [9.17, 15) is 4.79 Å². The van der Waals surface area contributed by atoms with Crippen molar-refractivity contribution in [3.05, 3.63) is 0 Å². The SMILES string of the molecule is O=C1CC[C@]23CC[C@H](C2)[C@H]13. The maximum atomic E-state index is 11.3. The van der Waals surface area contributed by atoms with Gasteiger partial charge in [0.2, 0.25) is 0 Å². The zero-order valence-corrected chi connectivity index (χ0v) is 6.10. The molecule has 0 saturated heterocycles. The molecule has 0 aromatic carbocycles. The van der Waals surface area contributed by atoms with E-state index in [0.717, 1.165) is 12.3 Å². The van der Waals surface area contributed by atoms with Crippen LogP contribution in [0.1, 0.15) is 32.1 Å². The molecule has 4 fully saturated rings. The Labute approximate surface area is 60.8 Å². The lowest BCUT2D eigenvalue weighted by Crippen LogP contribution is -2.38. The average Bonchev–Trinajstić information content (AvgIpc) is 2.42. The van der Waals surface area contributed by atoms with E-state index in [0.29, 0.717) is 17.1 Å². The Morgan fingerprint density at radius 1 is 1.40 bits per heavy atom. The Balaban J connectivity index is 2.05. The van der Waals surface area contributed by atoms with E-state index in [-0.39, 0.29) is 0 Å². The molecular formula is C9H12O. The normalized spacial score (nSPS) is 56.6. The lowest BCUT2D eigenvalue weighted by atomic mass is 9.62. The van der Waals surface area contributed by atoms with E-state index in [1.807, 2.05) is 0 Å². The van der Waals surface area contributed by atoms with Gasteiger partial charge < -0.3 is 0 Å². The van der Waals surface area contributed by atoms with Gasteiger partial charge in [0.05, 0.1) is 0 Å². The predicted molar refractivity (Wildman–Crippen MR) is 37.5 cm³/mol. The third kappa shape index (κ3) is 0.363. The molecule has 0 aromatic rings. The van der Waals surface area contributed by atoms with Gasteiger partial charge >= 0.3 is 0 Å². The Kier molecular flexibility index (Phi) is 0.704. The second kappa shape index (κ2) is 1.32. The molecule has 1 nitrogen and oxygen atoms in total. The summed E-state index contributed by atoms with van der Waals surface area (Å²) in [6, 6.07) is 0. The van der Waals surface area contributed by atoms with Crippen molar-refractivity contribution in [2.75, 3.05) is 0 Å². The molecule has 0 aromatic heterocycles. The molecule has 2 bridgehead atoms. The first-order valence-electron chi connectivity index (χ1n) is 4.35. The first kappa shape index (κ1) is 5.34. The zero-order chi connectivity index (χ0) is 6.77. The van der Waals surface area contributed by atoms with E-state index in [1.165, 1.54) is 25.7 Å². The largest absolute Gasteiger partial charge is 0.299 e. The molecule has 4 saturated carbocycles. The summed E-state index contributed by atoms with van der Waals surface area (Å²) in [5, 5.41) is 0. The fourth-order valence-corrected chi connectivity index (χ4v) is 3.62. The Bertz CT molecular complexity index is 205. The third-order valence-electron chi connectivity index (χ3n) is 4.03. The molecule has 0 amide bonds. The van der Waals surface area contributed by atoms with Crippen LogP contribution >= 0.6 is 0 Å². The molecule has 0 aliphatic heterocycles. The standard InChI is InChI=1S/C9H12O/c10-7-2-4-9-3-1-6(5-9)8(7)9/h6,8H,1-5H2/t6-,8-,9-/m1/s1. The summed E-state index contributed by atoms with van der Waals surface area (Å²) in [5.74, 6) is 1.97. The number of rotatable bonds is 0. The van der Waals surface area contributed by atoms with Crippen molar-refractivity contribution >= 4 is 5.78 Å². The van der Waals surface area contributed by atoms with Gasteiger partial charge in [-0.25, -0.2) is 0 Å². The molecular weight excluding hydrogens is 124 g/mol. The Morgan fingerprint density at radius 3 is 3.00 bits per heavy atom. The van der Waals surface area contributed by atoms with Crippen molar-refractivity contribution in [2.24, 2.45) is 17.3 Å². The maximum Gasteiger partial charge on any atom is 0.136 e. The molecule has 4 aliphatic carbocycles. The number of ketones is 1. The molecule has 3 atom stereocenters. The van der Waals surface area contributed by atoms with Gasteiger partial charge in [0.15, 0.2) is 0 Å². The molecule has 4 rings (SSSR count). The van der Waals surface area contributed by atoms with Gasteiger partial charge in [-0.15, -0.1) is 0 Å². The van der Waals surface area contributed by atoms with Gasteiger partial charge in [-0.1, -0.05) is 0 Å². The van der Waals surface area contributed by atoms with Crippen LogP contribution in [0.2, 0.25) is 0 Å². The fraction of sp³-hybridized carbons (Fsp3) is 0.889. The lowest BCUT2D eigenvalue weighted by molar-refractivity contribution is -0.127. The van der Waals surface area contributed by atoms with Crippen molar-refractivity contribution in [1.82, 2.24) is 0 Å². The van der Waals surface area contributed by atoms with Gasteiger partial charge in [-0.05, 0) is 37.0 Å². The number of carbonyl (C=O) groups excluding carboxylic acids is 1. The molecule has 10 heavy (non-hydrogen) atoms. The summed E-state index contributed by atoms with van der Waals surface area (Å²) < 4.78 is 0. The van der Waals surface area contributed by atoms with Gasteiger partial charge in [0.25, 0.3) is 0 Å². The highest BCUT2D eigenvalue weighted by Crippen LogP contribution is 2.68. The monoisotopic (exact) mass is 136 g/mol. The fourth-order valence-electron chi connectivity index (χ4n) is 3.62. The van der Waals surface area contributed by atoms with Gasteiger partial charge in [0, 0.05) is 12.3 Å². The molecule has 0 N–H and O–H groups in total. The predicted octanol–water partition coefficient (Wildman–Crippen LogP) is 1.77. The highest BCUT2D eigenvalue weighted by molar-refractivity contribution is 5.86. The number of Topliss-reactive ketones (excluding diaryl/α,β-unsaturated/α-hetero) is 1. The highest BCUT2D eigenvalue weighted by atomic mass is 16.1. The van der Waals surface area contributed by atoms with E-state index in [1.54, 1.807) is 0 Å². The number of carbonyl (C=O) groups is 1. The Hall–Kier alpha value is -0.330. The van der Waals surface area contributed by atoms with Crippen LogP contribution in [-0.4, -0.2) is 5.78 Å². The van der Waals surface area contributed by atoms with Crippen molar-refractivity contribution in [1.29, 1.82) is 0 Å². The number of fused-ring (bicyclic) bond motifs is 1. The van der Waals surface area contributed by atoms with Crippen LogP contribution in [-0.2, 0) is 4.79 Å². The summed E-state index contributed by atoms with van der Waals surface area (Å²) in [6.45, 7) is 0. The minimum absolute atomic E-state index is 0.549. The number of hydrogen-bond donors (Lipinski definition) is 0. The molecule has 0 radical (unpaired) electrons. The van der Waals surface area contributed by atoms with Crippen LogP contribution in [0.5, 0.6) is 0 Å². The topological polar surface area (TPSA) is 17.1 Å². The molecule has 0 heterocycles. The minimum atomic E-state index is 0.549. The molecule has 54 valence electrons. The molecule has 1 spiro atoms. The smallest absolute Gasteiger partial charge is 0.136 e. The third-order valence-corrected chi connectivity index (χ3v) is 4.03.